The molecule has 0 bridgehead atoms. The first-order chi connectivity index (χ1) is 12.7. The van der Waals surface area contributed by atoms with E-state index in [0.29, 0.717) is 31.2 Å². The van der Waals surface area contributed by atoms with Crippen molar-refractivity contribution in [3.8, 4) is 11.4 Å². The highest BCUT2D eigenvalue weighted by Gasteiger charge is 2.23. The molecule has 4 rings (SSSR count). The van der Waals surface area contributed by atoms with Crippen molar-refractivity contribution in [2.45, 2.75) is 13.3 Å². The van der Waals surface area contributed by atoms with Crippen LogP contribution in [0.2, 0.25) is 0 Å². The van der Waals surface area contributed by atoms with E-state index in [1.54, 1.807) is 17.5 Å². The number of piperazine rings is 1. The number of hydrogen-bond donors (Lipinski definition) is 0. The Bertz CT molecular complexity index is 867. The fourth-order valence-corrected chi connectivity index (χ4v) is 3.56. The van der Waals surface area contributed by atoms with Crippen molar-refractivity contribution in [1.82, 2.24) is 20.0 Å². The molecule has 0 saturated carbocycles. The highest BCUT2D eigenvalue weighted by Crippen LogP contribution is 2.20. The molecule has 0 aliphatic carbocycles. The lowest BCUT2D eigenvalue weighted by Crippen LogP contribution is -2.49. The molecule has 1 aliphatic heterocycles. The normalized spacial score (nSPS) is 14.7. The van der Waals surface area contributed by atoms with Gasteiger partial charge in [-0.15, -0.1) is 0 Å². The second kappa shape index (κ2) is 7.25. The summed E-state index contributed by atoms with van der Waals surface area (Å²) in [4.78, 5) is 25.4. The van der Waals surface area contributed by atoms with Gasteiger partial charge in [0, 0.05) is 49.7 Å². The third-order valence-electron chi connectivity index (χ3n) is 4.44. The summed E-state index contributed by atoms with van der Waals surface area (Å²) in [6, 6.07) is 5.80. The number of hydrogen-bond acceptors (Lipinski definition) is 7. The summed E-state index contributed by atoms with van der Waals surface area (Å²) in [5, 5.41) is 7.80. The fourth-order valence-electron chi connectivity index (χ4n) is 2.93. The van der Waals surface area contributed by atoms with Crippen LogP contribution in [0.1, 0.15) is 23.2 Å². The molecule has 134 valence electrons. The molecule has 3 aromatic heterocycles. The van der Waals surface area contributed by atoms with E-state index in [0.717, 1.165) is 30.0 Å². The second-order valence-corrected chi connectivity index (χ2v) is 6.84. The Morgan fingerprint density at radius 1 is 1.23 bits per heavy atom. The number of aryl methyl sites for hydroxylation is 1. The van der Waals surface area contributed by atoms with Crippen LogP contribution < -0.4 is 4.90 Å². The Kier molecular flexibility index (Phi) is 4.66. The standard InChI is InChI=1S/C18H19N5O2S/c1-2-16-20-17(21-25-16)13-3-4-15(19-11-13)22-6-8-23(9-7-22)18(24)14-5-10-26-12-14/h3-5,10-12H,2,6-9H2,1H3. The van der Waals surface area contributed by atoms with Crippen LogP contribution in [-0.4, -0.2) is 52.1 Å². The van der Waals surface area contributed by atoms with Gasteiger partial charge < -0.3 is 14.3 Å². The van der Waals surface area contributed by atoms with E-state index in [1.807, 2.05) is 40.8 Å². The van der Waals surface area contributed by atoms with Crippen LogP contribution in [0.5, 0.6) is 0 Å². The number of carbonyl (C=O) groups is 1. The number of anilines is 1. The maximum absolute atomic E-state index is 12.4. The van der Waals surface area contributed by atoms with Crippen LogP contribution in [0.15, 0.2) is 39.7 Å². The quantitative estimate of drug-likeness (QED) is 0.704. The van der Waals surface area contributed by atoms with E-state index < -0.39 is 0 Å². The first-order valence-electron chi connectivity index (χ1n) is 8.60. The Morgan fingerprint density at radius 3 is 2.69 bits per heavy atom. The smallest absolute Gasteiger partial charge is 0.254 e. The van der Waals surface area contributed by atoms with Gasteiger partial charge in [-0.1, -0.05) is 12.1 Å². The van der Waals surface area contributed by atoms with Crippen molar-refractivity contribution >= 4 is 23.1 Å². The summed E-state index contributed by atoms with van der Waals surface area (Å²) < 4.78 is 5.14. The summed E-state index contributed by atoms with van der Waals surface area (Å²) >= 11 is 1.55. The lowest BCUT2D eigenvalue weighted by atomic mass is 10.2. The largest absolute Gasteiger partial charge is 0.353 e. The number of carbonyl (C=O) groups excluding carboxylic acids is 1. The topological polar surface area (TPSA) is 75.4 Å². The molecule has 0 spiro atoms. The van der Waals surface area contributed by atoms with Crippen LogP contribution in [0, 0.1) is 0 Å². The predicted molar refractivity (Wildman–Crippen MR) is 99.3 cm³/mol. The molecule has 1 amide bonds. The van der Waals surface area contributed by atoms with Gasteiger partial charge in [0.1, 0.15) is 5.82 Å². The maximum Gasteiger partial charge on any atom is 0.254 e. The number of pyridine rings is 1. The van der Waals surface area contributed by atoms with Gasteiger partial charge in [-0.3, -0.25) is 4.79 Å². The Hall–Kier alpha value is -2.74. The molecule has 1 fully saturated rings. The molecule has 0 N–H and O–H groups in total. The zero-order chi connectivity index (χ0) is 17.9. The Morgan fingerprint density at radius 2 is 2.08 bits per heavy atom. The third-order valence-corrected chi connectivity index (χ3v) is 5.12. The van der Waals surface area contributed by atoms with Crippen molar-refractivity contribution in [2.24, 2.45) is 0 Å². The summed E-state index contributed by atoms with van der Waals surface area (Å²) in [5.41, 5.74) is 1.61. The molecule has 1 aliphatic rings. The highest BCUT2D eigenvalue weighted by atomic mass is 32.1. The lowest BCUT2D eigenvalue weighted by Gasteiger charge is -2.35. The molecule has 0 aromatic carbocycles. The minimum atomic E-state index is 0.109. The van der Waals surface area contributed by atoms with Crippen molar-refractivity contribution in [1.29, 1.82) is 0 Å². The number of amides is 1. The summed E-state index contributed by atoms with van der Waals surface area (Å²) in [6.07, 6.45) is 2.48. The van der Waals surface area contributed by atoms with Gasteiger partial charge in [0.2, 0.25) is 11.7 Å². The molecule has 3 aromatic rings. The van der Waals surface area contributed by atoms with Crippen molar-refractivity contribution in [3.05, 3.63) is 46.6 Å². The van der Waals surface area contributed by atoms with Gasteiger partial charge in [0.05, 0.1) is 5.56 Å². The molecule has 7 nitrogen and oxygen atoms in total. The highest BCUT2D eigenvalue weighted by molar-refractivity contribution is 7.08. The van der Waals surface area contributed by atoms with Crippen LogP contribution in [0.25, 0.3) is 11.4 Å². The van der Waals surface area contributed by atoms with Crippen LogP contribution in [0.4, 0.5) is 5.82 Å². The number of thiophene rings is 1. The first-order valence-corrected chi connectivity index (χ1v) is 9.54. The van der Waals surface area contributed by atoms with Gasteiger partial charge in [-0.25, -0.2) is 4.98 Å². The number of nitrogens with zero attached hydrogens (tertiary/aromatic N) is 5. The Labute approximate surface area is 155 Å². The van der Waals surface area contributed by atoms with E-state index in [4.69, 9.17) is 4.52 Å². The van der Waals surface area contributed by atoms with Gasteiger partial charge >= 0.3 is 0 Å². The number of aromatic nitrogens is 3. The summed E-state index contributed by atoms with van der Waals surface area (Å²) in [6.45, 7) is 4.90. The molecule has 0 radical (unpaired) electrons. The molecule has 8 heteroatoms. The first kappa shape index (κ1) is 16.7. The van der Waals surface area contributed by atoms with Crippen molar-refractivity contribution in [2.75, 3.05) is 31.1 Å². The van der Waals surface area contributed by atoms with Crippen molar-refractivity contribution in [3.63, 3.8) is 0 Å². The summed E-state index contributed by atoms with van der Waals surface area (Å²) in [5.74, 6) is 2.19. The fraction of sp³-hybridized carbons (Fsp3) is 0.333. The molecular weight excluding hydrogens is 350 g/mol. The van der Waals surface area contributed by atoms with Crippen LogP contribution >= 0.6 is 11.3 Å². The van der Waals surface area contributed by atoms with E-state index >= 15 is 0 Å². The average Bonchev–Trinajstić information content (AvgIpc) is 3.40. The molecule has 26 heavy (non-hydrogen) atoms. The summed E-state index contributed by atoms with van der Waals surface area (Å²) in [7, 11) is 0. The zero-order valence-corrected chi connectivity index (χ0v) is 15.3. The second-order valence-electron chi connectivity index (χ2n) is 6.06. The molecule has 4 heterocycles. The van der Waals surface area contributed by atoms with Gasteiger partial charge in [-0.05, 0) is 23.6 Å². The maximum atomic E-state index is 12.4. The molecular formula is C18H19N5O2S. The van der Waals surface area contributed by atoms with E-state index in [1.165, 1.54) is 0 Å². The molecule has 1 saturated heterocycles. The minimum absolute atomic E-state index is 0.109. The minimum Gasteiger partial charge on any atom is -0.353 e. The molecule has 0 unspecified atom stereocenters. The average molecular weight is 369 g/mol. The Balaban J connectivity index is 1.39. The predicted octanol–water partition coefficient (Wildman–Crippen LogP) is 2.72. The van der Waals surface area contributed by atoms with Gasteiger partial charge in [0.25, 0.3) is 5.91 Å². The number of rotatable bonds is 4. The van der Waals surface area contributed by atoms with Crippen molar-refractivity contribution < 1.29 is 9.32 Å². The van der Waals surface area contributed by atoms with E-state index in [9.17, 15) is 4.79 Å². The lowest BCUT2D eigenvalue weighted by molar-refractivity contribution is 0.0747. The third kappa shape index (κ3) is 3.32. The molecule has 0 atom stereocenters. The van der Waals surface area contributed by atoms with E-state index in [-0.39, 0.29) is 5.91 Å². The SMILES string of the molecule is CCc1nc(-c2ccc(N3CCN(C(=O)c4ccsc4)CC3)nc2)no1. The monoisotopic (exact) mass is 369 g/mol. The van der Waals surface area contributed by atoms with Gasteiger partial charge in [-0.2, -0.15) is 16.3 Å². The zero-order valence-electron chi connectivity index (χ0n) is 14.5. The van der Waals surface area contributed by atoms with Gasteiger partial charge in [0.15, 0.2) is 0 Å². The van der Waals surface area contributed by atoms with Crippen LogP contribution in [-0.2, 0) is 6.42 Å². The van der Waals surface area contributed by atoms with Crippen LogP contribution in [0.3, 0.4) is 0 Å². The van der Waals surface area contributed by atoms with E-state index in [2.05, 4.69) is 20.0 Å².